The molecule has 0 saturated heterocycles. The van der Waals surface area contributed by atoms with Crippen LogP contribution in [-0.4, -0.2) is 20.1 Å². The number of hydrogen-bond donors (Lipinski definition) is 1. The van der Waals surface area contributed by atoms with Crippen molar-refractivity contribution < 1.29 is 5.11 Å². The summed E-state index contributed by atoms with van der Waals surface area (Å²) in [5, 5.41) is 10.6. The number of imidazole rings is 1. The Morgan fingerprint density at radius 2 is 2.11 bits per heavy atom. The highest BCUT2D eigenvalue weighted by molar-refractivity contribution is 7.98. The van der Waals surface area contributed by atoms with E-state index in [2.05, 4.69) is 4.98 Å². The molecule has 1 N–H and O–H groups in total. The van der Waals surface area contributed by atoms with Gasteiger partial charge >= 0.3 is 0 Å². The van der Waals surface area contributed by atoms with E-state index >= 15 is 0 Å². The Hall–Kier alpha value is -0.970. The molecular weight excluding hydrogens is 268 g/mol. The lowest BCUT2D eigenvalue weighted by atomic mass is 10.2. The number of aromatic nitrogens is 2. The summed E-state index contributed by atoms with van der Waals surface area (Å²) < 4.78 is 1.96. The number of aryl methyl sites for hydroxylation is 1. The van der Waals surface area contributed by atoms with Gasteiger partial charge in [-0.25, -0.2) is 4.98 Å². The van der Waals surface area contributed by atoms with Gasteiger partial charge in [0.15, 0.2) is 0 Å². The van der Waals surface area contributed by atoms with E-state index in [1.807, 2.05) is 35.0 Å². The minimum atomic E-state index is -0.358. The van der Waals surface area contributed by atoms with Crippen LogP contribution in [0.15, 0.2) is 43.0 Å². The van der Waals surface area contributed by atoms with Gasteiger partial charge in [0.25, 0.3) is 0 Å². The first-order chi connectivity index (χ1) is 8.74. The number of thioether (sulfide) groups is 1. The first kappa shape index (κ1) is 13.5. The summed E-state index contributed by atoms with van der Waals surface area (Å²) in [6.45, 7) is 0.786. The van der Waals surface area contributed by atoms with Crippen molar-refractivity contribution >= 4 is 23.4 Å². The second kappa shape index (κ2) is 6.83. The number of halogens is 1. The highest BCUT2D eigenvalue weighted by atomic mass is 35.5. The zero-order chi connectivity index (χ0) is 12.8. The van der Waals surface area contributed by atoms with E-state index in [4.69, 9.17) is 11.6 Å². The van der Waals surface area contributed by atoms with Crippen molar-refractivity contribution in [1.29, 1.82) is 0 Å². The normalized spacial score (nSPS) is 12.6. The first-order valence-corrected chi connectivity index (χ1v) is 7.16. The Bertz CT molecular complexity index is 458. The van der Waals surface area contributed by atoms with E-state index in [0.29, 0.717) is 6.42 Å². The van der Waals surface area contributed by atoms with Crippen LogP contribution in [0.1, 0.15) is 12.0 Å². The van der Waals surface area contributed by atoms with E-state index in [1.165, 1.54) is 17.3 Å². The van der Waals surface area contributed by atoms with Crippen LogP contribution in [0, 0.1) is 0 Å². The van der Waals surface area contributed by atoms with Crippen LogP contribution >= 0.6 is 23.4 Å². The van der Waals surface area contributed by atoms with Gasteiger partial charge in [-0.2, -0.15) is 0 Å². The number of hydrogen-bond acceptors (Lipinski definition) is 3. The summed E-state index contributed by atoms with van der Waals surface area (Å²) >= 11 is 7.35. The van der Waals surface area contributed by atoms with E-state index in [1.54, 1.807) is 12.5 Å². The summed E-state index contributed by atoms with van der Waals surface area (Å²) in [6.07, 6.45) is 6.12. The fourth-order valence-corrected chi connectivity index (χ4v) is 2.51. The van der Waals surface area contributed by atoms with Gasteiger partial charge in [0.05, 0.1) is 6.33 Å². The molecule has 0 aliphatic heterocycles. The molecule has 1 aromatic heterocycles. The molecule has 0 saturated carbocycles. The molecule has 0 aliphatic carbocycles. The molecule has 1 heterocycles. The second-order valence-electron chi connectivity index (χ2n) is 3.98. The van der Waals surface area contributed by atoms with Crippen LogP contribution < -0.4 is 0 Å². The van der Waals surface area contributed by atoms with Crippen molar-refractivity contribution in [2.75, 3.05) is 0 Å². The predicted octanol–water partition coefficient (Wildman–Crippen LogP) is 3.18. The minimum absolute atomic E-state index is 0.358. The van der Waals surface area contributed by atoms with Crippen molar-refractivity contribution in [3.05, 3.63) is 53.6 Å². The number of aliphatic hydroxyl groups is 1. The van der Waals surface area contributed by atoms with Crippen LogP contribution in [0.25, 0.3) is 0 Å². The zero-order valence-corrected chi connectivity index (χ0v) is 11.4. The Morgan fingerprint density at radius 3 is 2.78 bits per heavy atom. The predicted molar refractivity (Wildman–Crippen MR) is 75.6 cm³/mol. The quantitative estimate of drug-likeness (QED) is 0.827. The average molecular weight is 283 g/mol. The van der Waals surface area contributed by atoms with Crippen molar-refractivity contribution in [2.24, 2.45) is 0 Å². The van der Waals surface area contributed by atoms with Gasteiger partial charge in [-0.3, -0.25) is 0 Å². The number of nitrogens with zero attached hydrogens (tertiary/aromatic N) is 2. The largest absolute Gasteiger partial charge is 0.382 e. The molecule has 18 heavy (non-hydrogen) atoms. The molecule has 0 spiro atoms. The lowest BCUT2D eigenvalue weighted by Crippen LogP contribution is -2.06. The lowest BCUT2D eigenvalue weighted by molar-refractivity contribution is 0.245. The third kappa shape index (κ3) is 4.37. The van der Waals surface area contributed by atoms with E-state index in [-0.39, 0.29) is 5.44 Å². The summed E-state index contributed by atoms with van der Waals surface area (Å²) in [4.78, 5) is 3.96. The molecule has 3 nitrogen and oxygen atoms in total. The van der Waals surface area contributed by atoms with Gasteiger partial charge in [-0.15, -0.1) is 11.8 Å². The third-order valence-electron chi connectivity index (χ3n) is 2.55. The topological polar surface area (TPSA) is 38.0 Å². The van der Waals surface area contributed by atoms with Gasteiger partial charge in [0.1, 0.15) is 5.44 Å². The summed E-state index contributed by atoms with van der Waals surface area (Å²) in [5.41, 5.74) is 0.814. The third-order valence-corrected chi connectivity index (χ3v) is 3.92. The molecule has 0 bridgehead atoms. The first-order valence-electron chi connectivity index (χ1n) is 5.74. The Balaban J connectivity index is 1.71. The number of aliphatic hydroxyl groups excluding tert-OH is 1. The van der Waals surface area contributed by atoms with Gasteiger partial charge in [0.2, 0.25) is 0 Å². The fourth-order valence-electron chi connectivity index (χ4n) is 1.53. The summed E-state index contributed by atoms with van der Waals surface area (Å²) in [7, 11) is 0. The van der Waals surface area contributed by atoms with E-state index in [0.717, 1.165) is 17.3 Å². The zero-order valence-electron chi connectivity index (χ0n) is 9.87. The molecule has 96 valence electrons. The van der Waals surface area contributed by atoms with Crippen LogP contribution in [0.5, 0.6) is 0 Å². The van der Waals surface area contributed by atoms with Crippen LogP contribution in [0.3, 0.4) is 0 Å². The van der Waals surface area contributed by atoms with Gasteiger partial charge in [-0.1, -0.05) is 23.7 Å². The Kier molecular flexibility index (Phi) is 5.11. The molecular formula is C13H15ClN2OS. The maximum absolute atomic E-state index is 9.87. The van der Waals surface area contributed by atoms with Crippen molar-refractivity contribution in [3.8, 4) is 0 Å². The van der Waals surface area contributed by atoms with Crippen LogP contribution in [-0.2, 0) is 12.3 Å². The van der Waals surface area contributed by atoms with Gasteiger partial charge in [0, 0.05) is 36.1 Å². The van der Waals surface area contributed by atoms with Crippen molar-refractivity contribution in [3.63, 3.8) is 0 Å². The molecule has 1 aromatic carbocycles. The standard InChI is InChI=1S/C13H15ClN2OS/c14-12-3-1-11(2-4-12)9-18-13(17)5-7-16-8-6-15-10-16/h1-4,6,8,10,13,17H,5,7,9H2. The van der Waals surface area contributed by atoms with E-state index in [9.17, 15) is 5.11 Å². The monoisotopic (exact) mass is 282 g/mol. The molecule has 0 amide bonds. The Labute approximate surface area is 116 Å². The molecule has 0 radical (unpaired) electrons. The minimum Gasteiger partial charge on any atom is -0.382 e. The molecule has 0 fully saturated rings. The molecule has 1 atom stereocenters. The van der Waals surface area contributed by atoms with Crippen molar-refractivity contribution in [2.45, 2.75) is 24.2 Å². The van der Waals surface area contributed by atoms with E-state index < -0.39 is 0 Å². The summed E-state index contributed by atoms with van der Waals surface area (Å²) in [6, 6.07) is 7.71. The molecule has 5 heteroatoms. The number of benzene rings is 1. The Morgan fingerprint density at radius 1 is 1.33 bits per heavy atom. The van der Waals surface area contributed by atoms with Crippen molar-refractivity contribution in [1.82, 2.24) is 9.55 Å². The van der Waals surface area contributed by atoms with Crippen LogP contribution in [0.4, 0.5) is 0 Å². The molecule has 0 aliphatic rings. The molecule has 1 unspecified atom stereocenters. The second-order valence-corrected chi connectivity index (χ2v) is 5.58. The van der Waals surface area contributed by atoms with Gasteiger partial charge < -0.3 is 9.67 Å². The SMILES string of the molecule is OC(CCn1ccnc1)SCc1ccc(Cl)cc1. The van der Waals surface area contributed by atoms with Crippen LogP contribution in [0.2, 0.25) is 5.02 Å². The lowest BCUT2D eigenvalue weighted by Gasteiger charge is -2.10. The van der Waals surface area contributed by atoms with Gasteiger partial charge in [-0.05, 0) is 17.7 Å². The average Bonchev–Trinajstić information content (AvgIpc) is 2.89. The smallest absolute Gasteiger partial charge is 0.101 e. The molecule has 2 rings (SSSR count). The fraction of sp³-hybridized carbons (Fsp3) is 0.308. The highest BCUT2D eigenvalue weighted by Gasteiger charge is 2.05. The summed E-state index contributed by atoms with van der Waals surface area (Å²) in [5.74, 6) is 0.794. The maximum atomic E-state index is 9.87. The highest BCUT2D eigenvalue weighted by Crippen LogP contribution is 2.20. The number of rotatable bonds is 6. The molecule has 2 aromatic rings. The maximum Gasteiger partial charge on any atom is 0.101 e.